The normalized spacial score (nSPS) is 11.5. The second kappa shape index (κ2) is 4.10. The summed E-state index contributed by atoms with van der Waals surface area (Å²) in [7, 11) is -1.48. The monoisotopic (exact) mass is 261 g/mol. The lowest BCUT2D eigenvalue weighted by molar-refractivity contribution is 0.426. The van der Waals surface area contributed by atoms with Crippen molar-refractivity contribution in [3.63, 3.8) is 0 Å². The number of hydrogen-bond acceptors (Lipinski definition) is 2. The molecule has 0 aliphatic rings. The van der Waals surface area contributed by atoms with Gasteiger partial charge >= 0.3 is 7.12 Å². The minimum atomic E-state index is -1.48. The number of aromatic nitrogens is 1. The first-order valence-corrected chi connectivity index (χ1v) is 6.54. The van der Waals surface area contributed by atoms with Crippen molar-refractivity contribution in [2.45, 2.75) is 0 Å². The summed E-state index contributed by atoms with van der Waals surface area (Å²) in [6, 6.07) is 17.7. The molecule has 0 fully saturated rings. The summed E-state index contributed by atoms with van der Waals surface area (Å²) in [5.74, 6) is 0. The lowest BCUT2D eigenvalue weighted by Gasteiger charge is -2.07. The number of para-hydroxylation sites is 1. The summed E-state index contributed by atoms with van der Waals surface area (Å²) in [4.78, 5) is 3.34. The smallest absolute Gasteiger partial charge is 0.423 e. The summed E-state index contributed by atoms with van der Waals surface area (Å²) >= 11 is 0. The average Bonchev–Trinajstić information content (AvgIpc) is 2.84. The standard InChI is InChI=1S/C16H12BNO2/c19-17(20)13-9-15-16(11-6-2-1-5-10(11)13)12-7-3-4-8-14(12)18-15/h1-9,18-20H. The predicted octanol–water partition coefficient (Wildman–Crippen LogP) is 2.15. The number of rotatable bonds is 1. The molecular formula is C16H12BNO2. The predicted molar refractivity (Wildman–Crippen MR) is 83.1 cm³/mol. The number of nitrogens with one attached hydrogen (secondary N) is 1. The van der Waals surface area contributed by atoms with Crippen molar-refractivity contribution in [1.29, 1.82) is 0 Å². The third kappa shape index (κ3) is 1.49. The minimum absolute atomic E-state index is 0.527. The lowest BCUT2D eigenvalue weighted by Crippen LogP contribution is -2.30. The first-order valence-electron chi connectivity index (χ1n) is 6.54. The number of H-pyrrole nitrogens is 1. The number of hydrogen-bond donors (Lipinski definition) is 3. The molecule has 0 unspecified atom stereocenters. The molecule has 0 saturated carbocycles. The van der Waals surface area contributed by atoms with Gasteiger partial charge in [-0.2, -0.15) is 0 Å². The zero-order valence-electron chi connectivity index (χ0n) is 10.7. The molecule has 0 atom stereocenters. The fourth-order valence-corrected chi connectivity index (χ4v) is 2.96. The molecule has 1 aromatic heterocycles. The topological polar surface area (TPSA) is 56.2 Å². The first kappa shape index (κ1) is 11.5. The molecule has 0 saturated heterocycles. The fraction of sp³-hybridized carbons (Fsp3) is 0. The molecule has 4 aromatic rings. The van der Waals surface area contributed by atoms with Gasteiger partial charge < -0.3 is 15.0 Å². The van der Waals surface area contributed by atoms with Gasteiger partial charge in [0.05, 0.1) is 0 Å². The van der Waals surface area contributed by atoms with Crippen molar-refractivity contribution in [2.24, 2.45) is 0 Å². The van der Waals surface area contributed by atoms with E-state index in [1.165, 1.54) is 0 Å². The Morgan fingerprint density at radius 3 is 2.15 bits per heavy atom. The van der Waals surface area contributed by atoms with Crippen molar-refractivity contribution < 1.29 is 10.0 Å². The van der Waals surface area contributed by atoms with Crippen LogP contribution in [0, 0.1) is 0 Å². The second-order valence-electron chi connectivity index (χ2n) is 4.98. The maximum Gasteiger partial charge on any atom is 0.489 e. The van der Waals surface area contributed by atoms with Gasteiger partial charge in [0.1, 0.15) is 0 Å². The van der Waals surface area contributed by atoms with Gasteiger partial charge in [-0.25, -0.2) is 0 Å². The molecule has 3 nitrogen and oxygen atoms in total. The van der Waals surface area contributed by atoms with Crippen LogP contribution in [0.5, 0.6) is 0 Å². The van der Waals surface area contributed by atoms with E-state index in [4.69, 9.17) is 0 Å². The second-order valence-corrected chi connectivity index (χ2v) is 4.98. The molecule has 0 radical (unpaired) electrons. The Balaban J connectivity index is 2.31. The van der Waals surface area contributed by atoms with E-state index < -0.39 is 7.12 Å². The Morgan fingerprint density at radius 1 is 0.750 bits per heavy atom. The zero-order valence-corrected chi connectivity index (χ0v) is 10.7. The van der Waals surface area contributed by atoms with Crippen LogP contribution in [0.25, 0.3) is 32.6 Å². The van der Waals surface area contributed by atoms with Crippen molar-refractivity contribution in [2.75, 3.05) is 0 Å². The van der Waals surface area contributed by atoms with Gasteiger partial charge in [-0.05, 0) is 28.4 Å². The van der Waals surface area contributed by atoms with E-state index in [9.17, 15) is 10.0 Å². The molecule has 3 aromatic carbocycles. The van der Waals surface area contributed by atoms with Crippen molar-refractivity contribution in [3.05, 3.63) is 54.6 Å². The van der Waals surface area contributed by atoms with Gasteiger partial charge in [0.15, 0.2) is 0 Å². The molecular weight excluding hydrogens is 249 g/mol. The SMILES string of the molecule is OB(O)c1cc2[nH]c3ccccc3c2c2ccccc12. The fourth-order valence-electron chi connectivity index (χ4n) is 2.96. The van der Waals surface area contributed by atoms with Crippen LogP contribution < -0.4 is 5.46 Å². The van der Waals surface area contributed by atoms with Crippen LogP contribution in [-0.2, 0) is 0 Å². The molecule has 0 amide bonds. The van der Waals surface area contributed by atoms with Crippen molar-refractivity contribution in [1.82, 2.24) is 4.98 Å². The molecule has 0 aliphatic carbocycles. The van der Waals surface area contributed by atoms with E-state index in [0.29, 0.717) is 5.46 Å². The van der Waals surface area contributed by atoms with Crippen LogP contribution >= 0.6 is 0 Å². The van der Waals surface area contributed by atoms with Crippen LogP contribution in [-0.4, -0.2) is 22.2 Å². The highest BCUT2D eigenvalue weighted by atomic mass is 16.4. The Morgan fingerprint density at radius 2 is 1.40 bits per heavy atom. The molecule has 3 N–H and O–H groups in total. The van der Waals surface area contributed by atoms with E-state index in [0.717, 1.165) is 32.6 Å². The van der Waals surface area contributed by atoms with E-state index in [1.807, 2.05) is 48.5 Å². The van der Waals surface area contributed by atoms with Crippen LogP contribution in [0.15, 0.2) is 54.6 Å². The van der Waals surface area contributed by atoms with E-state index in [2.05, 4.69) is 11.1 Å². The maximum atomic E-state index is 9.60. The average molecular weight is 261 g/mol. The summed E-state index contributed by atoms with van der Waals surface area (Å²) < 4.78 is 0. The minimum Gasteiger partial charge on any atom is -0.423 e. The molecule has 1 heterocycles. The zero-order chi connectivity index (χ0) is 13.7. The third-order valence-corrected chi connectivity index (χ3v) is 3.82. The molecule has 20 heavy (non-hydrogen) atoms. The summed E-state index contributed by atoms with van der Waals surface area (Å²) in [5, 5.41) is 23.4. The summed E-state index contributed by atoms with van der Waals surface area (Å²) in [6.07, 6.45) is 0. The molecule has 96 valence electrons. The Bertz CT molecular complexity index is 943. The molecule has 4 rings (SSSR count). The van der Waals surface area contributed by atoms with E-state index >= 15 is 0 Å². The van der Waals surface area contributed by atoms with Crippen LogP contribution in [0.2, 0.25) is 0 Å². The van der Waals surface area contributed by atoms with Gasteiger partial charge in [-0.1, -0.05) is 42.5 Å². The quantitative estimate of drug-likeness (QED) is 0.460. The highest BCUT2D eigenvalue weighted by Crippen LogP contribution is 2.31. The van der Waals surface area contributed by atoms with E-state index in [-0.39, 0.29) is 0 Å². The Hall–Kier alpha value is -2.30. The third-order valence-electron chi connectivity index (χ3n) is 3.82. The highest BCUT2D eigenvalue weighted by molar-refractivity contribution is 6.62. The van der Waals surface area contributed by atoms with Crippen LogP contribution in [0.4, 0.5) is 0 Å². The largest absolute Gasteiger partial charge is 0.489 e. The van der Waals surface area contributed by atoms with Crippen LogP contribution in [0.1, 0.15) is 0 Å². The number of fused-ring (bicyclic) bond motifs is 5. The molecule has 0 aliphatic heterocycles. The van der Waals surface area contributed by atoms with E-state index in [1.54, 1.807) is 0 Å². The molecule has 0 bridgehead atoms. The van der Waals surface area contributed by atoms with Gasteiger partial charge in [-0.15, -0.1) is 0 Å². The lowest BCUT2D eigenvalue weighted by atomic mass is 9.76. The molecule has 0 spiro atoms. The van der Waals surface area contributed by atoms with Crippen LogP contribution in [0.3, 0.4) is 0 Å². The number of aromatic amines is 1. The van der Waals surface area contributed by atoms with Gasteiger partial charge in [0.2, 0.25) is 0 Å². The van der Waals surface area contributed by atoms with Gasteiger partial charge in [0, 0.05) is 21.8 Å². The number of benzene rings is 3. The summed E-state index contributed by atoms with van der Waals surface area (Å²) in [5.41, 5.74) is 2.50. The molecule has 4 heteroatoms. The Kier molecular flexibility index (Phi) is 2.36. The maximum absolute atomic E-state index is 9.60. The van der Waals surface area contributed by atoms with Crippen molar-refractivity contribution in [3.8, 4) is 0 Å². The Labute approximate surface area is 115 Å². The van der Waals surface area contributed by atoms with Gasteiger partial charge in [-0.3, -0.25) is 0 Å². The van der Waals surface area contributed by atoms with Gasteiger partial charge in [0.25, 0.3) is 0 Å². The first-order chi connectivity index (χ1) is 9.75. The van der Waals surface area contributed by atoms with Crippen molar-refractivity contribution >= 4 is 45.2 Å². The highest BCUT2D eigenvalue weighted by Gasteiger charge is 2.18. The summed E-state index contributed by atoms with van der Waals surface area (Å²) in [6.45, 7) is 0.